The van der Waals surface area contributed by atoms with Crippen molar-refractivity contribution in [1.29, 1.82) is 0 Å². The Bertz CT molecular complexity index is 836. The highest BCUT2D eigenvalue weighted by molar-refractivity contribution is 5.92. The van der Waals surface area contributed by atoms with E-state index in [1.54, 1.807) is 19.1 Å². The van der Waals surface area contributed by atoms with Gasteiger partial charge in [0.2, 0.25) is 5.43 Å². The molecule has 0 radical (unpaired) electrons. The van der Waals surface area contributed by atoms with Crippen LogP contribution in [-0.4, -0.2) is 28.3 Å². The molecule has 1 saturated carbocycles. The molecule has 1 aromatic carbocycles. The van der Waals surface area contributed by atoms with E-state index in [-0.39, 0.29) is 29.8 Å². The van der Waals surface area contributed by atoms with Gasteiger partial charge in [-0.1, -0.05) is 12.1 Å². The van der Waals surface area contributed by atoms with Crippen LogP contribution in [-0.2, 0) is 0 Å². The number of amides is 1. The van der Waals surface area contributed by atoms with Crippen LogP contribution in [0.1, 0.15) is 29.0 Å². The van der Waals surface area contributed by atoms with E-state index in [4.69, 9.17) is 5.73 Å². The van der Waals surface area contributed by atoms with Crippen LogP contribution in [0, 0.1) is 18.7 Å². The van der Waals surface area contributed by atoms with Gasteiger partial charge in [0.05, 0.1) is 0 Å². The molecule has 0 saturated heterocycles. The lowest BCUT2D eigenvalue weighted by atomic mass is 10.2. The van der Waals surface area contributed by atoms with E-state index in [1.807, 2.05) is 0 Å². The molecule has 2 aromatic rings. The van der Waals surface area contributed by atoms with Gasteiger partial charge in [0, 0.05) is 24.3 Å². The van der Waals surface area contributed by atoms with Crippen LogP contribution in [0.3, 0.4) is 0 Å². The number of para-hydroxylation sites is 1. The Kier molecular flexibility index (Phi) is 5.92. The van der Waals surface area contributed by atoms with Gasteiger partial charge in [-0.3, -0.25) is 9.59 Å². The molecule has 0 spiro atoms. The Morgan fingerprint density at radius 2 is 2.12 bits per heavy atom. The van der Waals surface area contributed by atoms with E-state index in [2.05, 4.69) is 10.4 Å². The van der Waals surface area contributed by atoms with Crippen LogP contribution in [0.25, 0.3) is 5.69 Å². The highest BCUT2D eigenvalue weighted by atomic mass is 35.5. The molecule has 6 nitrogen and oxygen atoms in total. The Labute approximate surface area is 150 Å². The molecule has 25 heavy (non-hydrogen) atoms. The summed E-state index contributed by atoms with van der Waals surface area (Å²) < 4.78 is 15.3. The number of carbonyl (C=O) groups excluding carboxylic acids is 1. The first-order valence-electron chi connectivity index (χ1n) is 7.88. The minimum atomic E-state index is -0.576. The minimum Gasteiger partial charge on any atom is -0.346 e. The summed E-state index contributed by atoms with van der Waals surface area (Å²) in [6.07, 6.45) is 2.03. The quantitative estimate of drug-likeness (QED) is 0.840. The van der Waals surface area contributed by atoms with E-state index < -0.39 is 17.2 Å². The topological polar surface area (TPSA) is 90.0 Å². The third kappa shape index (κ3) is 4.05. The van der Waals surface area contributed by atoms with E-state index in [0.717, 1.165) is 12.8 Å². The van der Waals surface area contributed by atoms with E-state index in [1.165, 1.54) is 22.9 Å². The van der Waals surface area contributed by atoms with Gasteiger partial charge >= 0.3 is 0 Å². The Morgan fingerprint density at radius 1 is 1.44 bits per heavy atom. The summed E-state index contributed by atoms with van der Waals surface area (Å²) in [4.78, 5) is 24.6. The van der Waals surface area contributed by atoms with Crippen molar-refractivity contribution in [3.8, 4) is 5.69 Å². The lowest BCUT2D eigenvalue weighted by Gasteiger charge is -2.16. The van der Waals surface area contributed by atoms with Crippen molar-refractivity contribution in [3.63, 3.8) is 0 Å². The van der Waals surface area contributed by atoms with Gasteiger partial charge in [-0.25, -0.2) is 9.07 Å². The van der Waals surface area contributed by atoms with Crippen LogP contribution in [0.5, 0.6) is 0 Å². The standard InChI is InChI=1S/C17H19FN4O2.ClH/c1-10-8-15(23)16(17(24)20-13(9-19)11-6-7-11)21-22(10)14-5-3-2-4-12(14)18;/h2-5,8,11,13H,6-7,9,19H2,1H3,(H,20,24);1H. The SMILES string of the molecule is Cc1cc(=O)c(C(=O)NC(CN)C2CC2)nn1-c1ccccc1F.Cl. The molecule has 1 amide bonds. The van der Waals surface area contributed by atoms with Gasteiger partial charge in [-0.05, 0) is 37.8 Å². The maximum absolute atomic E-state index is 14.0. The zero-order valence-corrected chi connectivity index (χ0v) is 14.6. The smallest absolute Gasteiger partial charge is 0.276 e. The van der Waals surface area contributed by atoms with Crippen LogP contribution >= 0.6 is 12.4 Å². The molecule has 1 heterocycles. The van der Waals surface area contributed by atoms with Crippen LogP contribution in [0.4, 0.5) is 4.39 Å². The largest absolute Gasteiger partial charge is 0.346 e. The summed E-state index contributed by atoms with van der Waals surface area (Å²) in [5.41, 5.74) is 5.54. The van der Waals surface area contributed by atoms with Gasteiger partial charge in [-0.15, -0.1) is 12.4 Å². The number of rotatable bonds is 5. The van der Waals surface area contributed by atoms with E-state index in [0.29, 0.717) is 18.2 Å². The maximum Gasteiger partial charge on any atom is 0.276 e. The number of benzene rings is 1. The number of halogens is 2. The summed E-state index contributed by atoms with van der Waals surface area (Å²) in [6, 6.07) is 7.17. The predicted molar refractivity (Wildman–Crippen MR) is 94.8 cm³/mol. The molecule has 1 aliphatic carbocycles. The molecule has 1 aliphatic rings. The van der Waals surface area contributed by atoms with Gasteiger partial charge in [0.15, 0.2) is 5.69 Å². The number of nitrogens with one attached hydrogen (secondary N) is 1. The lowest BCUT2D eigenvalue weighted by Crippen LogP contribution is -2.44. The summed E-state index contributed by atoms with van der Waals surface area (Å²) in [6.45, 7) is 1.94. The van der Waals surface area contributed by atoms with Crippen molar-refractivity contribution < 1.29 is 9.18 Å². The number of nitrogens with two attached hydrogens (primary N) is 1. The molecule has 0 bridgehead atoms. The van der Waals surface area contributed by atoms with E-state index in [9.17, 15) is 14.0 Å². The van der Waals surface area contributed by atoms with Crippen molar-refractivity contribution >= 4 is 18.3 Å². The molecule has 134 valence electrons. The highest BCUT2D eigenvalue weighted by Gasteiger charge is 2.32. The van der Waals surface area contributed by atoms with Crippen molar-refractivity contribution in [2.75, 3.05) is 6.54 Å². The first-order chi connectivity index (χ1) is 11.5. The molecule has 3 rings (SSSR count). The third-order valence-electron chi connectivity index (χ3n) is 4.16. The van der Waals surface area contributed by atoms with Gasteiger partial charge < -0.3 is 11.1 Å². The fourth-order valence-electron chi connectivity index (χ4n) is 2.68. The number of hydrogen-bond donors (Lipinski definition) is 2. The normalized spacial score (nSPS) is 14.5. The molecular weight excluding hydrogens is 347 g/mol. The van der Waals surface area contributed by atoms with Crippen molar-refractivity contribution in [3.05, 3.63) is 57.8 Å². The molecule has 1 fully saturated rings. The monoisotopic (exact) mass is 366 g/mol. The summed E-state index contributed by atoms with van der Waals surface area (Å²) in [7, 11) is 0. The number of nitrogens with zero attached hydrogens (tertiary/aromatic N) is 2. The first-order valence-corrected chi connectivity index (χ1v) is 7.88. The Morgan fingerprint density at radius 3 is 2.72 bits per heavy atom. The maximum atomic E-state index is 14.0. The zero-order chi connectivity index (χ0) is 17.3. The summed E-state index contributed by atoms with van der Waals surface area (Å²) >= 11 is 0. The number of aromatic nitrogens is 2. The molecular formula is C17H20ClFN4O2. The number of carbonyl (C=O) groups is 1. The second-order valence-corrected chi connectivity index (χ2v) is 6.01. The average Bonchev–Trinajstić information content (AvgIpc) is 3.38. The second-order valence-electron chi connectivity index (χ2n) is 6.01. The van der Waals surface area contributed by atoms with Crippen LogP contribution in [0.15, 0.2) is 35.1 Å². The molecule has 8 heteroatoms. The fraction of sp³-hybridized carbons (Fsp3) is 0.353. The van der Waals surface area contributed by atoms with Gasteiger partial charge in [0.25, 0.3) is 5.91 Å². The van der Waals surface area contributed by atoms with Crippen molar-refractivity contribution in [2.45, 2.75) is 25.8 Å². The second kappa shape index (κ2) is 7.76. The van der Waals surface area contributed by atoms with E-state index >= 15 is 0 Å². The van der Waals surface area contributed by atoms with Gasteiger partial charge in [0.1, 0.15) is 11.5 Å². The van der Waals surface area contributed by atoms with Crippen molar-refractivity contribution in [2.24, 2.45) is 11.7 Å². The molecule has 1 unspecified atom stereocenters. The zero-order valence-electron chi connectivity index (χ0n) is 13.7. The van der Waals surface area contributed by atoms with Gasteiger partial charge in [-0.2, -0.15) is 5.10 Å². The minimum absolute atomic E-state index is 0. The molecule has 1 atom stereocenters. The number of hydrogen-bond acceptors (Lipinski definition) is 4. The van der Waals surface area contributed by atoms with Crippen molar-refractivity contribution in [1.82, 2.24) is 15.1 Å². The predicted octanol–water partition coefficient (Wildman–Crippen LogP) is 1.57. The molecule has 1 aromatic heterocycles. The van der Waals surface area contributed by atoms with Crippen LogP contribution < -0.4 is 16.5 Å². The Hall–Kier alpha value is -2.25. The molecule has 3 N–H and O–H groups in total. The Balaban J connectivity index is 0.00000225. The molecule has 0 aliphatic heterocycles. The third-order valence-corrected chi connectivity index (χ3v) is 4.16. The summed E-state index contributed by atoms with van der Waals surface area (Å²) in [5.74, 6) is -0.702. The number of aryl methyl sites for hydroxylation is 1. The lowest BCUT2D eigenvalue weighted by molar-refractivity contribution is 0.0925. The first kappa shape index (κ1) is 19.1. The summed E-state index contributed by atoms with van der Waals surface area (Å²) in [5, 5.41) is 6.85. The highest BCUT2D eigenvalue weighted by Crippen LogP contribution is 2.32. The van der Waals surface area contributed by atoms with Crippen LogP contribution in [0.2, 0.25) is 0 Å². The fourth-order valence-corrected chi connectivity index (χ4v) is 2.68. The average molecular weight is 367 g/mol.